The molecule has 29 heavy (non-hydrogen) atoms. The predicted octanol–water partition coefficient (Wildman–Crippen LogP) is 3.12. The van der Waals surface area contributed by atoms with Crippen LogP contribution < -0.4 is 14.8 Å². The van der Waals surface area contributed by atoms with Crippen LogP contribution in [0.5, 0.6) is 5.75 Å². The average molecular weight is 482 g/mol. The van der Waals surface area contributed by atoms with Crippen LogP contribution >= 0.6 is 34.8 Å². The first-order chi connectivity index (χ1) is 13.6. The fraction of sp³-hybridized carbons (Fsp3) is 0.176. The molecule has 0 aliphatic heterocycles. The molecule has 0 atom stereocenters. The van der Waals surface area contributed by atoms with E-state index in [1.807, 2.05) is 4.72 Å². The van der Waals surface area contributed by atoms with E-state index in [1.54, 1.807) is 12.1 Å². The Morgan fingerprint density at radius 3 is 2.41 bits per heavy atom. The van der Waals surface area contributed by atoms with E-state index in [-0.39, 0.29) is 14.9 Å². The first-order valence-electron chi connectivity index (χ1n) is 7.86. The lowest BCUT2D eigenvalue weighted by Crippen LogP contribution is -2.32. The number of carbonyl (C=O) groups excluding carboxylic acids is 2. The van der Waals surface area contributed by atoms with Crippen LogP contribution in [0.1, 0.15) is 0 Å². The molecule has 0 aliphatic rings. The summed E-state index contributed by atoms with van der Waals surface area (Å²) in [7, 11) is -2.61. The van der Waals surface area contributed by atoms with E-state index in [4.69, 9.17) is 44.3 Å². The molecule has 1 amide bonds. The minimum atomic E-state index is -4.02. The Bertz CT molecular complexity index is 1030. The van der Waals surface area contributed by atoms with E-state index in [0.717, 1.165) is 6.07 Å². The molecule has 0 unspecified atom stereocenters. The molecule has 0 spiro atoms. The first-order valence-corrected chi connectivity index (χ1v) is 10.5. The Kier molecular flexibility index (Phi) is 8.12. The van der Waals surface area contributed by atoms with Crippen molar-refractivity contribution in [2.24, 2.45) is 0 Å². The number of carbonyl (C=O) groups is 2. The molecule has 0 heterocycles. The Morgan fingerprint density at radius 1 is 1.03 bits per heavy atom. The molecular formula is C17H15Cl3N2O6S. The monoisotopic (exact) mass is 480 g/mol. The van der Waals surface area contributed by atoms with Gasteiger partial charge in [-0.2, -0.15) is 4.72 Å². The van der Waals surface area contributed by atoms with Crippen LogP contribution in [0.3, 0.4) is 0 Å². The third-order valence-corrected chi connectivity index (χ3v) is 5.78. The first kappa shape index (κ1) is 23.2. The quantitative estimate of drug-likeness (QED) is 0.561. The van der Waals surface area contributed by atoms with E-state index >= 15 is 0 Å². The number of methoxy groups -OCH3 is 1. The van der Waals surface area contributed by atoms with Gasteiger partial charge in [-0.3, -0.25) is 9.59 Å². The summed E-state index contributed by atoms with van der Waals surface area (Å²) in [6.07, 6.45) is 0. The third-order valence-electron chi connectivity index (χ3n) is 3.41. The van der Waals surface area contributed by atoms with Crippen LogP contribution in [0.15, 0.2) is 41.3 Å². The molecule has 0 aliphatic carbocycles. The highest BCUT2D eigenvalue weighted by molar-refractivity contribution is 7.89. The van der Waals surface area contributed by atoms with Crippen LogP contribution in [0.2, 0.25) is 15.1 Å². The number of benzene rings is 2. The number of sulfonamides is 1. The summed E-state index contributed by atoms with van der Waals surface area (Å²) >= 11 is 17.4. The van der Waals surface area contributed by atoms with E-state index in [2.05, 4.69) is 5.32 Å². The van der Waals surface area contributed by atoms with Crippen LogP contribution in [-0.4, -0.2) is 40.6 Å². The van der Waals surface area contributed by atoms with Crippen molar-refractivity contribution in [2.75, 3.05) is 25.6 Å². The van der Waals surface area contributed by atoms with Crippen LogP contribution in [0, 0.1) is 0 Å². The second-order valence-corrected chi connectivity index (χ2v) is 8.47. The van der Waals surface area contributed by atoms with Gasteiger partial charge in [0.15, 0.2) is 6.61 Å². The topological polar surface area (TPSA) is 111 Å². The summed E-state index contributed by atoms with van der Waals surface area (Å²) in [6, 6.07) is 8.28. The van der Waals surface area contributed by atoms with Gasteiger partial charge in [-0.25, -0.2) is 8.42 Å². The summed E-state index contributed by atoms with van der Waals surface area (Å²) in [5.41, 5.74) is 0.293. The van der Waals surface area contributed by atoms with Gasteiger partial charge in [0.2, 0.25) is 10.0 Å². The lowest BCUT2D eigenvalue weighted by atomic mass is 10.3. The van der Waals surface area contributed by atoms with Gasteiger partial charge < -0.3 is 14.8 Å². The second kappa shape index (κ2) is 10.1. The maximum atomic E-state index is 12.2. The number of hydrogen-bond acceptors (Lipinski definition) is 6. The lowest BCUT2D eigenvalue weighted by Gasteiger charge is -2.11. The Balaban J connectivity index is 1.87. The van der Waals surface area contributed by atoms with Crippen molar-refractivity contribution in [1.82, 2.24) is 4.72 Å². The number of nitrogens with one attached hydrogen (secondary N) is 2. The van der Waals surface area contributed by atoms with Gasteiger partial charge in [-0.15, -0.1) is 0 Å². The van der Waals surface area contributed by atoms with Crippen LogP contribution in [0.4, 0.5) is 5.69 Å². The molecule has 0 bridgehead atoms. The Hall–Kier alpha value is -2.04. The fourth-order valence-corrected chi connectivity index (χ4v) is 3.57. The molecule has 2 rings (SSSR count). The standard InChI is InChI=1S/C17H15Cl3N2O6S/c1-27-15-5-2-10(18)6-14(15)22-16(23)9-28-17(24)8-21-29(25,26)11-3-4-12(19)13(20)7-11/h2-7,21H,8-9H2,1H3,(H,22,23). The number of esters is 1. The van der Waals surface area contributed by atoms with Gasteiger partial charge in [0.05, 0.1) is 27.7 Å². The molecule has 0 aromatic heterocycles. The SMILES string of the molecule is COc1ccc(Cl)cc1NC(=O)COC(=O)CNS(=O)(=O)c1ccc(Cl)c(Cl)c1. The highest BCUT2D eigenvalue weighted by atomic mass is 35.5. The van der Waals surface area contributed by atoms with Gasteiger partial charge >= 0.3 is 5.97 Å². The zero-order chi connectivity index (χ0) is 21.6. The molecule has 8 nitrogen and oxygen atoms in total. The van der Waals surface area contributed by atoms with E-state index in [9.17, 15) is 18.0 Å². The van der Waals surface area contributed by atoms with E-state index < -0.39 is 35.1 Å². The smallest absolute Gasteiger partial charge is 0.321 e. The summed E-state index contributed by atoms with van der Waals surface area (Å²) < 4.78 is 36.2. The highest BCUT2D eigenvalue weighted by Crippen LogP contribution is 2.27. The molecule has 156 valence electrons. The fourth-order valence-electron chi connectivity index (χ4n) is 2.04. The van der Waals surface area contributed by atoms with Crippen LogP contribution in [0.25, 0.3) is 0 Å². The normalized spacial score (nSPS) is 11.0. The van der Waals surface area contributed by atoms with Crippen molar-refractivity contribution in [3.05, 3.63) is 51.5 Å². The van der Waals surface area contributed by atoms with E-state index in [0.29, 0.717) is 16.5 Å². The summed E-state index contributed by atoms with van der Waals surface area (Å²) in [5, 5.41) is 3.08. The molecule has 2 N–H and O–H groups in total. The number of anilines is 1. The molecule has 0 fully saturated rings. The number of hydrogen-bond donors (Lipinski definition) is 2. The molecule has 2 aromatic carbocycles. The van der Waals surface area contributed by atoms with Gasteiger partial charge in [0.25, 0.3) is 5.91 Å². The number of ether oxygens (including phenoxy) is 2. The minimum Gasteiger partial charge on any atom is -0.495 e. The molecule has 0 radical (unpaired) electrons. The van der Waals surface area contributed by atoms with Crippen molar-refractivity contribution in [1.29, 1.82) is 0 Å². The Morgan fingerprint density at radius 2 is 1.76 bits per heavy atom. The lowest BCUT2D eigenvalue weighted by molar-refractivity contribution is -0.146. The third kappa shape index (κ3) is 6.76. The van der Waals surface area contributed by atoms with Gasteiger partial charge in [0.1, 0.15) is 12.3 Å². The van der Waals surface area contributed by atoms with Crippen molar-refractivity contribution in [3.8, 4) is 5.75 Å². The maximum absolute atomic E-state index is 12.2. The molecule has 0 saturated carbocycles. The van der Waals surface area contributed by atoms with Crippen molar-refractivity contribution in [3.63, 3.8) is 0 Å². The average Bonchev–Trinajstić information content (AvgIpc) is 2.67. The van der Waals surface area contributed by atoms with Crippen LogP contribution in [-0.2, 0) is 24.3 Å². The molecular weight excluding hydrogens is 467 g/mol. The van der Waals surface area contributed by atoms with Gasteiger partial charge in [0, 0.05) is 5.02 Å². The van der Waals surface area contributed by atoms with Crippen molar-refractivity contribution in [2.45, 2.75) is 4.90 Å². The second-order valence-electron chi connectivity index (χ2n) is 5.45. The molecule has 0 saturated heterocycles. The molecule has 12 heteroatoms. The Labute approximate surface area is 182 Å². The van der Waals surface area contributed by atoms with Crippen molar-refractivity contribution >= 4 is 62.4 Å². The van der Waals surface area contributed by atoms with Crippen molar-refractivity contribution < 1.29 is 27.5 Å². The maximum Gasteiger partial charge on any atom is 0.321 e. The zero-order valence-corrected chi connectivity index (χ0v) is 18.0. The van der Waals surface area contributed by atoms with Gasteiger partial charge in [-0.1, -0.05) is 34.8 Å². The molecule has 2 aromatic rings. The summed E-state index contributed by atoms with van der Waals surface area (Å²) in [4.78, 5) is 23.5. The van der Waals surface area contributed by atoms with Gasteiger partial charge in [-0.05, 0) is 36.4 Å². The summed E-state index contributed by atoms with van der Waals surface area (Å²) in [6.45, 7) is -1.32. The largest absolute Gasteiger partial charge is 0.495 e. The summed E-state index contributed by atoms with van der Waals surface area (Å²) in [5.74, 6) is -1.25. The number of halogens is 3. The zero-order valence-electron chi connectivity index (χ0n) is 14.9. The number of rotatable bonds is 8. The minimum absolute atomic E-state index is 0.0465. The predicted molar refractivity (Wildman–Crippen MR) is 109 cm³/mol. The van der Waals surface area contributed by atoms with E-state index in [1.165, 1.54) is 25.3 Å². The number of amides is 1. The highest BCUT2D eigenvalue weighted by Gasteiger charge is 2.18.